The Balaban J connectivity index is 1.94. The lowest BCUT2D eigenvalue weighted by molar-refractivity contribution is 0.0479. The van der Waals surface area contributed by atoms with E-state index < -0.39 is 6.10 Å². The van der Waals surface area contributed by atoms with Crippen LogP contribution >= 0.6 is 11.6 Å². The Morgan fingerprint density at radius 3 is 2.53 bits per heavy atom. The van der Waals surface area contributed by atoms with Gasteiger partial charge in [0.25, 0.3) is 0 Å². The number of ether oxygens (including phenoxy) is 1. The molecule has 2 rings (SSSR count). The minimum atomic E-state index is -0.554. The maximum atomic E-state index is 10.1. The molecule has 2 atom stereocenters. The van der Waals surface area contributed by atoms with Crippen LogP contribution in [0.1, 0.15) is 12.5 Å². The second-order valence-corrected chi connectivity index (χ2v) is 4.97. The molecule has 0 aliphatic heterocycles. The summed E-state index contributed by atoms with van der Waals surface area (Å²) < 4.78 is 5.69. The molecule has 3 heteroatoms. The Hall–Kier alpha value is -1.51. The summed E-state index contributed by atoms with van der Waals surface area (Å²) in [5, 5.41) is 10.8. The smallest absolute Gasteiger partial charge is 0.122 e. The number of rotatable bonds is 5. The van der Waals surface area contributed by atoms with Gasteiger partial charge < -0.3 is 9.84 Å². The van der Waals surface area contributed by atoms with Gasteiger partial charge in [-0.05, 0) is 30.7 Å². The van der Waals surface area contributed by atoms with Crippen LogP contribution in [0.25, 0.3) is 0 Å². The van der Waals surface area contributed by atoms with Crippen LogP contribution in [0.2, 0.25) is 5.02 Å². The van der Waals surface area contributed by atoms with Crippen molar-refractivity contribution in [2.45, 2.75) is 25.6 Å². The van der Waals surface area contributed by atoms with Gasteiger partial charge in [-0.2, -0.15) is 0 Å². The van der Waals surface area contributed by atoms with E-state index >= 15 is 0 Å². The van der Waals surface area contributed by atoms with Crippen molar-refractivity contribution < 1.29 is 9.84 Å². The zero-order chi connectivity index (χ0) is 13.7. The first-order valence-corrected chi connectivity index (χ1v) is 6.67. The molecule has 0 heterocycles. The van der Waals surface area contributed by atoms with Gasteiger partial charge >= 0.3 is 0 Å². The Bertz CT molecular complexity index is 513. The van der Waals surface area contributed by atoms with Crippen molar-refractivity contribution in [3.8, 4) is 5.75 Å². The Morgan fingerprint density at radius 1 is 1.11 bits per heavy atom. The molecular formula is C16H17ClO2. The highest BCUT2D eigenvalue weighted by Gasteiger charge is 2.16. The van der Waals surface area contributed by atoms with Crippen molar-refractivity contribution in [2.24, 2.45) is 0 Å². The number of hydrogen-bond donors (Lipinski definition) is 1. The molecule has 0 fully saturated rings. The minimum Gasteiger partial charge on any atom is -0.488 e. The first kappa shape index (κ1) is 13.9. The van der Waals surface area contributed by atoms with Gasteiger partial charge in [-0.25, -0.2) is 0 Å². The van der Waals surface area contributed by atoms with Crippen molar-refractivity contribution in [3.63, 3.8) is 0 Å². The van der Waals surface area contributed by atoms with Crippen LogP contribution in [0.4, 0.5) is 0 Å². The van der Waals surface area contributed by atoms with E-state index in [9.17, 15) is 5.11 Å². The maximum absolute atomic E-state index is 10.1. The molecule has 2 aromatic rings. The van der Waals surface area contributed by atoms with Crippen molar-refractivity contribution in [3.05, 3.63) is 65.2 Å². The third-order valence-corrected chi connectivity index (χ3v) is 3.18. The van der Waals surface area contributed by atoms with Gasteiger partial charge in [0.1, 0.15) is 11.9 Å². The first-order valence-electron chi connectivity index (χ1n) is 6.29. The van der Waals surface area contributed by atoms with Crippen LogP contribution in [0.15, 0.2) is 54.6 Å². The quantitative estimate of drug-likeness (QED) is 0.902. The molecule has 0 aromatic heterocycles. The van der Waals surface area contributed by atoms with Crippen molar-refractivity contribution >= 4 is 11.6 Å². The van der Waals surface area contributed by atoms with Crippen molar-refractivity contribution in [2.75, 3.05) is 0 Å². The average Bonchev–Trinajstić information content (AvgIpc) is 2.40. The number of aliphatic hydroxyl groups excluding tert-OH is 1. The number of hydrogen-bond acceptors (Lipinski definition) is 2. The molecule has 0 amide bonds. The molecule has 0 aliphatic rings. The monoisotopic (exact) mass is 276 g/mol. The van der Waals surface area contributed by atoms with E-state index in [2.05, 4.69) is 0 Å². The van der Waals surface area contributed by atoms with Gasteiger partial charge in [-0.3, -0.25) is 0 Å². The van der Waals surface area contributed by atoms with E-state index in [1.807, 2.05) is 49.4 Å². The first-order chi connectivity index (χ1) is 9.15. The summed E-state index contributed by atoms with van der Waals surface area (Å²) in [6, 6.07) is 17.1. The Labute approximate surface area is 118 Å². The van der Waals surface area contributed by atoms with E-state index in [1.165, 1.54) is 0 Å². The molecule has 2 nitrogen and oxygen atoms in total. The summed E-state index contributed by atoms with van der Waals surface area (Å²) in [4.78, 5) is 0. The zero-order valence-electron chi connectivity index (χ0n) is 10.8. The second-order valence-electron chi connectivity index (χ2n) is 4.54. The van der Waals surface area contributed by atoms with Gasteiger partial charge in [0.2, 0.25) is 0 Å². The summed E-state index contributed by atoms with van der Waals surface area (Å²) in [7, 11) is 0. The highest BCUT2D eigenvalue weighted by molar-refractivity contribution is 6.30. The fraction of sp³-hybridized carbons (Fsp3) is 0.250. The van der Waals surface area contributed by atoms with E-state index in [-0.39, 0.29) is 6.10 Å². The van der Waals surface area contributed by atoms with Crippen molar-refractivity contribution in [1.29, 1.82) is 0 Å². The molecular weight excluding hydrogens is 260 g/mol. The van der Waals surface area contributed by atoms with Gasteiger partial charge in [0.05, 0.1) is 6.10 Å². The van der Waals surface area contributed by atoms with Crippen LogP contribution in [-0.2, 0) is 6.42 Å². The van der Waals surface area contributed by atoms with Gasteiger partial charge in [0, 0.05) is 11.4 Å². The lowest BCUT2D eigenvalue weighted by Crippen LogP contribution is -2.30. The SMILES string of the molecule is CC(Oc1cccc(Cl)c1)C(O)Cc1ccccc1. The summed E-state index contributed by atoms with van der Waals surface area (Å²) in [6.45, 7) is 1.86. The normalized spacial score (nSPS) is 13.8. The minimum absolute atomic E-state index is 0.293. The molecule has 0 bridgehead atoms. The van der Waals surface area contributed by atoms with Crippen LogP contribution in [0.3, 0.4) is 0 Å². The third-order valence-electron chi connectivity index (χ3n) is 2.95. The van der Waals surface area contributed by atoms with Gasteiger partial charge in [-0.1, -0.05) is 48.0 Å². The Morgan fingerprint density at radius 2 is 1.84 bits per heavy atom. The maximum Gasteiger partial charge on any atom is 0.122 e. The average molecular weight is 277 g/mol. The highest BCUT2D eigenvalue weighted by Crippen LogP contribution is 2.19. The number of benzene rings is 2. The third kappa shape index (κ3) is 4.27. The largest absolute Gasteiger partial charge is 0.488 e. The molecule has 2 unspecified atom stereocenters. The van der Waals surface area contributed by atoms with Crippen LogP contribution in [-0.4, -0.2) is 17.3 Å². The molecule has 0 spiro atoms. The van der Waals surface area contributed by atoms with E-state index in [0.717, 1.165) is 5.56 Å². The van der Waals surface area contributed by atoms with Crippen LogP contribution in [0.5, 0.6) is 5.75 Å². The molecule has 0 radical (unpaired) electrons. The molecule has 19 heavy (non-hydrogen) atoms. The fourth-order valence-corrected chi connectivity index (χ4v) is 2.04. The molecule has 0 aliphatic carbocycles. The predicted octanol–water partition coefficient (Wildman–Crippen LogP) is 3.71. The zero-order valence-corrected chi connectivity index (χ0v) is 11.5. The molecule has 2 aromatic carbocycles. The highest BCUT2D eigenvalue weighted by atomic mass is 35.5. The van der Waals surface area contributed by atoms with E-state index in [1.54, 1.807) is 12.1 Å². The summed E-state index contributed by atoms with van der Waals surface area (Å²) in [5.41, 5.74) is 1.09. The molecule has 0 saturated heterocycles. The molecule has 1 N–H and O–H groups in total. The summed E-state index contributed by atoms with van der Waals surface area (Å²) >= 11 is 5.90. The van der Waals surface area contributed by atoms with Crippen LogP contribution in [0, 0.1) is 0 Å². The lowest BCUT2D eigenvalue weighted by Gasteiger charge is -2.20. The predicted molar refractivity (Wildman–Crippen MR) is 77.7 cm³/mol. The number of aliphatic hydroxyl groups is 1. The number of halogens is 1. The van der Waals surface area contributed by atoms with E-state index in [4.69, 9.17) is 16.3 Å². The summed E-state index contributed by atoms with van der Waals surface area (Å²) in [5.74, 6) is 0.673. The fourth-order valence-electron chi connectivity index (χ4n) is 1.86. The topological polar surface area (TPSA) is 29.5 Å². The van der Waals surface area contributed by atoms with E-state index in [0.29, 0.717) is 17.2 Å². The molecule has 0 saturated carbocycles. The lowest BCUT2D eigenvalue weighted by atomic mass is 10.0. The van der Waals surface area contributed by atoms with Gasteiger partial charge in [0.15, 0.2) is 0 Å². The van der Waals surface area contributed by atoms with Crippen molar-refractivity contribution in [1.82, 2.24) is 0 Å². The summed E-state index contributed by atoms with van der Waals surface area (Å²) in [6.07, 6.45) is -0.275. The van der Waals surface area contributed by atoms with Crippen LogP contribution < -0.4 is 4.74 Å². The standard InChI is InChI=1S/C16H17ClO2/c1-12(19-15-9-5-8-14(17)11-15)16(18)10-13-6-3-2-4-7-13/h2-9,11-12,16,18H,10H2,1H3. The second kappa shape index (κ2) is 6.60. The van der Waals surface area contributed by atoms with Gasteiger partial charge in [-0.15, -0.1) is 0 Å². The molecule has 100 valence electrons. The Kier molecular flexibility index (Phi) is 4.83.